The SMILES string of the molecule is CCc1cc(C)c(C)cn1.CCc1cncc(C)c1C.CCc1nccc(C)c1C.Cc1ccncc1C. The summed E-state index contributed by atoms with van der Waals surface area (Å²) in [7, 11) is 0. The van der Waals surface area contributed by atoms with E-state index >= 15 is 0 Å². The highest BCUT2D eigenvalue weighted by molar-refractivity contribution is 5.29. The van der Waals surface area contributed by atoms with E-state index in [0.717, 1.165) is 19.3 Å². The van der Waals surface area contributed by atoms with Gasteiger partial charge < -0.3 is 0 Å². The highest BCUT2D eigenvalue weighted by atomic mass is 14.7. The van der Waals surface area contributed by atoms with Crippen LogP contribution in [0, 0.1) is 55.4 Å². The molecule has 0 atom stereocenters. The third kappa shape index (κ3) is 10.9. The van der Waals surface area contributed by atoms with Crippen LogP contribution in [-0.4, -0.2) is 19.9 Å². The van der Waals surface area contributed by atoms with Gasteiger partial charge in [0.15, 0.2) is 0 Å². The van der Waals surface area contributed by atoms with E-state index in [0.29, 0.717) is 0 Å². The van der Waals surface area contributed by atoms with E-state index in [1.807, 2.05) is 43.2 Å². The molecule has 4 heterocycles. The van der Waals surface area contributed by atoms with Gasteiger partial charge in [-0.25, -0.2) is 0 Å². The smallest absolute Gasteiger partial charge is 0.0432 e. The van der Waals surface area contributed by atoms with Gasteiger partial charge in [0, 0.05) is 48.6 Å². The van der Waals surface area contributed by atoms with E-state index in [4.69, 9.17) is 0 Å². The minimum atomic E-state index is 1.03. The maximum absolute atomic E-state index is 4.26. The zero-order chi connectivity index (χ0) is 28.7. The molecule has 0 unspecified atom stereocenters. The van der Waals surface area contributed by atoms with Gasteiger partial charge in [0.2, 0.25) is 0 Å². The molecule has 38 heavy (non-hydrogen) atoms. The number of pyridine rings is 4. The number of rotatable bonds is 3. The first-order valence-electron chi connectivity index (χ1n) is 13.7. The third-order valence-electron chi connectivity index (χ3n) is 6.96. The topological polar surface area (TPSA) is 51.6 Å². The van der Waals surface area contributed by atoms with Crippen LogP contribution in [0.15, 0.2) is 55.4 Å². The normalized spacial score (nSPS) is 9.76. The Morgan fingerprint density at radius 2 is 1.13 bits per heavy atom. The van der Waals surface area contributed by atoms with Gasteiger partial charge in [-0.1, -0.05) is 20.8 Å². The van der Waals surface area contributed by atoms with Gasteiger partial charge in [-0.15, -0.1) is 0 Å². The van der Waals surface area contributed by atoms with Gasteiger partial charge in [0.1, 0.15) is 0 Å². The first-order chi connectivity index (χ1) is 18.0. The van der Waals surface area contributed by atoms with Crippen LogP contribution in [0.1, 0.15) is 82.2 Å². The van der Waals surface area contributed by atoms with Crippen LogP contribution in [0.25, 0.3) is 0 Å². The zero-order valence-corrected chi connectivity index (χ0v) is 25.6. The molecular weight excluding hydrogens is 464 g/mol. The molecule has 0 spiro atoms. The molecule has 0 saturated carbocycles. The van der Waals surface area contributed by atoms with Crippen LogP contribution in [0.2, 0.25) is 0 Å². The Kier molecular flexibility index (Phi) is 14.7. The molecule has 0 saturated heterocycles. The largest absolute Gasteiger partial charge is 0.264 e. The number of nitrogens with zero attached hydrogens (tertiary/aromatic N) is 4. The fourth-order valence-electron chi connectivity index (χ4n) is 3.51. The van der Waals surface area contributed by atoms with E-state index < -0.39 is 0 Å². The summed E-state index contributed by atoms with van der Waals surface area (Å²) < 4.78 is 0. The lowest BCUT2D eigenvalue weighted by Crippen LogP contribution is -1.92. The van der Waals surface area contributed by atoms with Crippen LogP contribution in [-0.2, 0) is 19.3 Å². The zero-order valence-electron chi connectivity index (χ0n) is 25.6. The van der Waals surface area contributed by atoms with Crippen LogP contribution >= 0.6 is 0 Å². The molecule has 0 N–H and O–H groups in total. The van der Waals surface area contributed by atoms with Crippen LogP contribution in [0.4, 0.5) is 0 Å². The Morgan fingerprint density at radius 3 is 1.61 bits per heavy atom. The van der Waals surface area contributed by atoms with Gasteiger partial charge >= 0.3 is 0 Å². The van der Waals surface area contributed by atoms with E-state index in [2.05, 4.69) is 108 Å². The van der Waals surface area contributed by atoms with Gasteiger partial charge in [-0.2, -0.15) is 0 Å². The van der Waals surface area contributed by atoms with Crippen molar-refractivity contribution in [3.63, 3.8) is 0 Å². The third-order valence-corrected chi connectivity index (χ3v) is 6.96. The van der Waals surface area contributed by atoms with Crippen LogP contribution in [0.5, 0.6) is 0 Å². The van der Waals surface area contributed by atoms with Crippen molar-refractivity contribution in [1.29, 1.82) is 0 Å². The number of aryl methyl sites for hydroxylation is 9. The first-order valence-corrected chi connectivity index (χ1v) is 13.7. The molecule has 4 heteroatoms. The molecule has 0 aliphatic rings. The van der Waals surface area contributed by atoms with Crippen molar-refractivity contribution in [2.45, 2.75) is 95.4 Å². The Bertz CT molecular complexity index is 1190. The Hall–Kier alpha value is -3.40. The maximum atomic E-state index is 4.26. The Balaban J connectivity index is 0.000000254. The van der Waals surface area contributed by atoms with Gasteiger partial charge in [-0.3, -0.25) is 19.9 Å². The minimum absolute atomic E-state index is 1.03. The monoisotopic (exact) mass is 512 g/mol. The van der Waals surface area contributed by atoms with Gasteiger partial charge in [0.05, 0.1) is 0 Å². The standard InChI is InChI=1S/3C9H13N.C7H9N/c1-4-9-6-10-5-7(2)8(9)3;1-4-9-5-7(2)8(3)6-10-9;1-4-9-8(3)7(2)5-6-10-9;1-6-3-4-8-5-7(6)2/h3*5-6H,4H2,1-3H3;3-5H,1-2H3. The summed E-state index contributed by atoms with van der Waals surface area (Å²) in [6.07, 6.45) is 14.5. The molecule has 4 rings (SSSR count). The van der Waals surface area contributed by atoms with Crippen molar-refractivity contribution in [2.75, 3.05) is 0 Å². The summed E-state index contributed by atoms with van der Waals surface area (Å²) in [4.78, 5) is 16.6. The highest BCUT2D eigenvalue weighted by Crippen LogP contribution is 2.11. The average molecular weight is 513 g/mol. The van der Waals surface area contributed by atoms with Crippen molar-refractivity contribution >= 4 is 0 Å². The quantitative estimate of drug-likeness (QED) is 0.276. The van der Waals surface area contributed by atoms with Gasteiger partial charge in [0.25, 0.3) is 0 Å². The lowest BCUT2D eigenvalue weighted by molar-refractivity contribution is 0.996. The Labute approximate surface area is 232 Å². The second-order valence-corrected chi connectivity index (χ2v) is 9.72. The Morgan fingerprint density at radius 1 is 0.500 bits per heavy atom. The molecule has 4 aromatic rings. The van der Waals surface area contributed by atoms with Crippen LogP contribution < -0.4 is 0 Å². The minimum Gasteiger partial charge on any atom is -0.264 e. The molecule has 204 valence electrons. The maximum Gasteiger partial charge on any atom is 0.0432 e. The number of hydrogen-bond acceptors (Lipinski definition) is 4. The van der Waals surface area contributed by atoms with Crippen molar-refractivity contribution in [3.8, 4) is 0 Å². The van der Waals surface area contributed by atoms with Crippen molar-refractivity contribution in [1.82, 2.24) is 19.9 Å². The highest BCUT2D eigenvalue weighted by Gasteiger charge is 1.98. The van der Waals surface area contributed by atoms with Crippen molar-refractivity contribution in [2.24, 2.45) is 0 Å². The molecule has 0 aliphatic heterocycles. The van der Waals surface area contributed by atoms with Crippen molar-refractivity contribution in [3.05, 3.63) is 117 Å². The van der Waals surface area contributed by atoms with E-state index in [1.54, 1.807) is 0 Å². The summed E-state index contributed by atoms with van der Waals surface area (Å²) in [6, 6.07) is 6.21. The summed E-state index contributed by atoms with van der Waals surface area (Å²) in [5.41, 5.74) is 14.3. The number of aromatic nitrogens is 4. The second-order valence-electron chi connectivity index (χ2n) is 9.72. The van der Waals surface area contributed by atoms with E-state index in [1.165, 1.54) is 61.5 Å². The van der Waals surface area contributed by atoms with Gasteiger partial charge in [-0.05, 0) is 143 Å². The van der Waals surface area contributed by atoms with Crippen molar-refractivity contribution < 1.29 is 0 Å². The lowest BCUT2D eigenvalue weighted by atomic mass is 10.1. The van der Waals surface area contributed by atoms with Crippen LogP contribution in [0.3, 0.4) is 0 Å². The summed E-state index contributed by atoms with van der Waals surface area (Å²) in [6.45, 7) is 23.3. The molecule has 4 nitrogen and oxygen atoms in total. The molecule has 0 radical (unpaired) electrons. The lowest BCUT2D eigenvalue weighted by Gasteiger charge is -2.03. The number of hydrogen-bond donors (Lipinski definition) is 0. The second kappa shape index (κ2) is 17.2. The predicted octanol–water partition coefficient (Wildman–Crippen LogP) is 8.48. The summed E-state index contributed by atoms with van der Waals surface area (Å²) in [5, 5.41) is 0. The fourth-order valence-corrected chi connectivity index (χ4v) is 3.51. The van der Waals surface area contributed by atoms with E-state index in [-0.39, 0.29) is 0 Å². The predicted molar refractivity (Wildman–Crippen MR) is 163 cm³/mol. The van der Waals surface area contributed by atoms with E-state index in [9.17, 15) is 0 Å². The summed E-state index contributed by atoms with van der Waals surface area (Å²) in [5.74, 6) is 0. The molecule has 4 aromatic heterocycles. The average Bonchev–Trinajstić information content (AvgIpc) is 2.92. The molecule has 0 amide bonds. The molecule has 0 aliphatic carbocycles. The first kappa shape index (κ1) is 32.6. The fraction of sp³-hybridized carbons (Fsp3) is 0.412. The molecular formula is C34H48N4. The molecule has 0 bridgehead atoms. The summed E-state index contributed by atoms with van der Waals surface area (Å²) >= 11 is 0. The molecule has 0 fully saturated rings. The molecule has 0 aromatic carbocycles.